The SMILES string of the molecule is OCc1ccc(Oc2ccco2)cc1. The van der Waals surface area contributed by atoms with E-state index in [1.54, 1.807) is 42.7 Å². The summed E-state index contributed by atoms with van der Waals surface area (Å²) in [6.45, 7) is 0.0427. The first-order valence-corrected chi connectivity index (χ1v) is 4.29. The van der Waals surface area contributed by atoms with E-state index in [9.17, 15) is 0 Å². The van der Waals surface area contributed by atoms with Gasteiger partial charge in [-0.2, -0.15) is 0 Å². The first-order chi connectivity index (χ1) is 6.88. The van der Waals surface area contributed by atoms with Crippen molar-refractivity contribution in [2.75, 3.05) is 0 Å². The lowest BCUT2D eigenvalue weighted by molar-refractivity contribution is 0.281. The minimum atomic E-state index is 0.0427. The summed E-state index contributed by atoms with van der Waals surface area (Å²) in [5.74, 6) is 1.15. The summed E-state index contributed by atoms with van der Waals surface area (Å²) in [4.78, 5) is 0. The Hall–Kier alpha value is -1.74. The molecule has 0 amide bonds. The second-order valence-corrected chi connectivity index (χ2v) is 2.84. The van der Waals surface area contributed by atoms with E-state index >= 15 is 0 Å². The van der Waals surface area contributed by atoms with Crippen molar-refractivity contribution >= 4 is 0 Å². The van der Waals surface area contributed by atoms with Crippen molar-refractivity contribution in [3.63, 3.8) is 0 Å². The van der Waals surface area contributed by atoms with Gasteiger partial charge in [0, 0.05) is 6.07 Å². The molecule has 3 heteroatoms. The van der Waals surface area contributed by atoms with Gasteiger partial charge in [0.2, 0.25) is 0 Å². The van der Waals surface area contributed by atoms with Crippen LogP contribution < -0.4 is 4.74 Å². The highest BCUT2D eigenvalue weighted by atomic mass is 16.6. The van der Waals surface area contributed by atoms with Crippen LogP contribution in [0.1, 0.15) is 5.56 Å². The standard InChI is InChI=1S/C11H10O3/c12-8-9-3-5-10(6-4-9)14-11-2-1-7-13-11/h1-7,12H,8H2. The second-order valence-electron chi connectivity index (χ2n) is 2.84. The highest BCUT2D eigenvalue weighted by molar-refractivity contribution is 5.29. The quantitative estimate of drug-likeness (QED) is 0.808. The molecule has 3 nitrogen and oxygen atoms in total. The lowest BCUT2D eigenvalue weighted by atomic mass is 10.2. The number of furan rings is 1. The molecular weight excluding hydrogens is 180 g/mol. The Labute approximate surface area is 81.6 Å². The predicted octanol–water partition coefficient (Wildman–Crippen LogP) is 2.56. The van der Waals surface area contributed by atoms with Crippen molar-refractivity contribution < 1.29 is 14.3 Å². The van der Waals surface area contributed by atoms with Crippen molar-refractivity contribution in [3.8, 4) is 11.7 Å². The van der Waals surface area contributed by atoms with Gasteiger partial charge in [0.05, 0.1) is 12.9 Å². The largest absolute Gasteiger partial charge is 0.434 e. The fraction of sp³-hybridized carbons (Fsp3) is 0.0909. The van der Waals surface area contributed by atoms with Gasteiger partial charge in [0.25, 0.3) is 5.95 Å². The Morgan fingerprint density at radius 2 is 1.93 bits per heavy atom. The zero-order valence-corrected chi connectivity index (χ0v) is 7.51. The molecular formula is C11H10O3. The van der Waals surface area contributed by atoms with Gasteiger partial charge in [0.1, 0.15) is 5.75 Å². The predicted molar refractivity (Wildman–Crippen MR) is 51.1 cm³/mol. The van der Waals surface area contributed by atoms with Gasteiger partial charge in [-0.1, -0.05) is 12.1 Å². The summed E-state index contributed by atoms with van der Waals surface area (Å²) in [5.41, 5.74) is 0.858. The Morgan fingerprint density at radius 3 is 2.50 bits per heavy atom. The van der Waals surface area contributed by atoms with Crippen LogP contribution in [-0.2, 0) is 6.61 Å². The topological polar surface area (TPSA) is 42.6 Å². The van der Waals surface area contributed by atoms with Crippen LogP contribution in [0.15, 0.2) is 47.1 Å². The molecule has 0 saturated heterocycles. The van der Waals surface area contributed by atoms with Crippen LogP contribution in [0.3, 0.4) is 0 Å². The first-order valence-electron chi connectivity index (χ1n) is 4.29. The van der Waals surface area contributed by atoms with E-state index in [2.05, 4.69) is 0 Å². The van der Waals surface area contributed by atoms with Crippen molar-refractivity contribution in [3.05, 3.63) is 48.2 Å². The molecule has 1 heterocycles. The number of hydrogen-bond donors (Lipinski definition) is 1. The Balaban J connectivity index is 2.10. The van der Waals surface area contributed by atoms with Crippen molar-refractivity contribution in [2.45, 2.75) is 6.61 Å². The lowest BCUT2D eigenvalue weighted by Gasteiger charge is -2.01. The summed E-state index contributed by atoms with van der Waals surface area (Å²) in [6, 6.07) is 10.7. The van der Waals surface area contributed by atoms with Gasteiger partial charge in [0.15, 0.2) is 0 Å². The van der Waals surface area contributed by atoms with Gasteiger partial charge in [-0.25, -0.2) is 0 Å². The number of benzene rings is 1. The van der Waals surface area contributed by atoms with Crippen LogP contribution in [0.25, 0.3) is 0 Å². The van der Waals surface area contributed by atoms with Crippen molar-refractivity contribution in [2.24, 2.45) is 0 Å². The molecule has 0 radical (unpaired) electrons. The minimum absolute atomic E-state index is 0.0427. The molecule has 0 aliphatic rings. The molecule has 2 aromatic rings. The number of aliphatic hydroxyl groups is 1. The van der Waals surface area contributed by atoms with Gasteiger partial charge >= 0.3 is 0 Å². The summed E-state index contributed by atoms with van der Waals surface area (Å²) in [7, 11) is 0. The molecule has 14 heavy (non-hydrogen) atoms. The summed E-state index contributed by atoms with van der Waals surface area (Å²) in [6.07, 6.45) is 1.55. The van der Waals surface area contributed by atoms with Gasteiger partial charge in [-0.15, -0.1) is 0 Å². The smallest absolute Gasteiger partial charge is 0.289 e. The molecule has 0 fully saturated rings. The number of rotatable bonds is 3. The van der Waals surface area contributed by atoms with E-state index in [4.69, 9.17) is 14.3 Å². The monoisotopic (exact) mass is 190 g/mol. The average molecular weight is 190 g/mol. The number of aliphatic hydroxyl groups excluding tert-OH is 1. The molecule has 0 bridgehead atoms. The van der Waals surface area contributed by atoms with Crippen LogP contribution in [-0.4, -0.2) is 5.11 Å². The Bertz CT molecular complexity index is 375. The maximum absolute atomic E-state index is 8.83. The molecule has 2 rings (SSSR count). The zero-order valence-electron chi connectivity index (χ0n) is 7.51. The van der Waals surface area contributed by atoms with Crippen molar-refractivity contribution in [1.82, 2.24) is 0 Å². The third kappa shape index (κ3) is 1.95. The number of ether oxygens (including phenoxy) is 1. The molecule has 1 aromatic carbocycles. The third-order valence-electron chi connectivity index (χ3n) is 1.82. The normalized spacial score (nSPS) is 10.1. The van der Waals surface area contributed by atoms with E-state index in [-0.39, 0.29) is 6.61 Å². The van der Waals surface area contributed by atoms with Gasteiger partial charge in [-0.3, -0.25) is 0 Å². The second kappa shape index (κ2) is 3.98. The maximum Gasteiger partial charge on any atom is 0.289 e. The lowest BCUT2D eigenvalue weighted by Crippen LogP contribution is -1.84. The molecule has 1 aromatic heterocycles. The van der Waals surface area contributed by atoms with Crippen LogP contribution in [0.2, 0.25) is 0 Å². The Kier molecular flexibility index (Phi) is 2.51. The molecule has 0 unspecified atom stereocenters. The van der Waals surface area contributed by atoms with Crippen LogP contribution in [0.5, 0.6) is 11.7 Å². The molecule has 0 spiro atoms. The zero-order chi connectivity index (χ0) is 9.80. The molecule has 0 atom stereocenters. The molecule has 0 saturated carbocycles. The highest BCUT2D eigenvalue weighted by Gasteiger charge is 1.98. The fourth-order valence-electron chi connectivity index (χ4n) is 1.10. The van der Waals surface area contributed by atoms with E-state index in [1.165, 1.54) is 0 Å². The molecule has 0 aliphatic heterocycles. The fourth-order valence-corrected chi connectivity index (χ4v) is 1.10. The van der Waals surface area contributed by atoms with Gasteiger partial charge < -0.3 is 14.3 Å². The highest BCUT2D eigenvalue weighted by Crippen LogP contribution is 2.21. The summed E-state index contributed by atoms with van der Waals surface area (Å²) in [5, 5.41) is 8.83. The van der Waals surface area contributed by atoms with Crippen LogP contribution >= 0.6 is 0 Å². The molecule has 0 aliphatic carbocycles. The number of hydrogen-bond acceptors (Lipinski definition) is 3. The average Bonchev–Trinajstić information content (AvgIpc) is 2.72. The van der Waals surface area contributed by atoms with E-state index < -0.39 is 0 Å². The Morgan fingerprint density at radius 1 is 1.14 bits per heavy atom. The molecule has 72 valence electrons. The van der Waals surface area contributed by atoms with Crippen LogP contribution in [0, 0.1) is 0 Å². The minimum Gasteiger partial charge on any atom is -0.434 e. The van der Waals surface area contributed by atoms with Gasteiger partial charge in [-0.05, 0) is 23.8 Å². The molecule has 1 N–H and O–H groups in total. The summed E-state index contributed by atoms with van der Waals surface area (Å²) >= 11 is 0. The van der Waals surface area contributed by atoms with E-state index in [0.29, 0.717) is 11.7 Å². The maximum atomic E-state index is 8.83. The van der Waals surface area contributed by atoms with E-state index in [1.807, 2.05) is 0 Å². The first kappa shape index (κ1) is 8.84. The third-order valence-corrected chi connectivity index (χ3v) is 1.82. The van der Waals surface area contributed by atoms with Crippen LogP contribution in [0.4, 0.5) is 0 Å². The van der Waals surface area contributed by atoms with Crippen molar-refractivity contribution in [1.29, 1.82) is 0 Å². The summed E-state index contributed by atoms with van der Waals surface area (Å²) < 4.78 is 10.4. The van der Waals surface area contributed by atoms with E-state index in [0.717, 1.165) is 5.56 Å².